The number of H-pyrrole nitrogens is 1. The molecule has 1 heterocycles. The molecule has 0 aliphatic rings. The van der Waals surface area contributed by atoms with Crippen LogP contribution in [0.1, 0.15) is 17.4 Å². The molecule has 2 rings (SSSR count). The van der Waals surface area contributed by atoms with Gasteiger partial charge in [-0.3, -0.25) is 0 Å². The number of aromatic nitrogens is 2. The van der Waals surface area contributed by atoms with E-state index in [4.69, 9.17) is 10.5 Å². The van der Waals surface area contributed by atoms with Gasteiger partial charge in [0.05, 0.1) is 7.11 Å². The van der Waals surface area contributed by atoms with Crippen LogP contribution in [0, 0.1) is 5.82 Å². The third kappa shape index (κ3) is 2.62. The van der Waals surface area contributed by atoms with Crippen LogP contribution in [-0.4, -0.2) is 17.1 Å². The van der Waals surface area contributed by atoms with Gasteiger partial charge in [0.1, 0.15) is 5.82 Å². The SMILES string of the molecule is COc1cc(C(N)Cc2ncc[nH]2)ccc1F. The van der Waals surface area contributed by atoms with Crippen LogP contribution in [-0.2, 0) is 6.42 Å². The van der Waals surface area contributed by atoms with E-state index in [9.17, 15) is 4.39 Å². The maximum Gasteiger partial charge on any atom is 0.165 e. The number of hydrogen-bond donors (Lipinski definition) is 2. The summed E-state index contributed by atoms with van der Waals surface area (Å²) in [5.74, 6) is 0.625. The summed E-state index contributed by atoms with van der Waals surface area (Å²) in [6, 6.07) is 4.39. The summed E-state index contributed by atoms with van der Waals surface area (Å²) in [5.41, 5.74) is 6.84. The van der Waals surface area contributed by atoms with E-state index < -0.39 is 0 Å². The van der Waals surface area contributed by atoms with E-state index in [-0.39, 0.29) is 17.6 Å². The van der Waals surface area contributed by atoms with Gasteiger partial charge in [-0.15, -0.1) is 0 Å². The predicted octanol–water partition coefficient (Wildman–Crippen LogP) is 1.80. The number of halogens is 1. The van der Waals surface area contributed by atoms with Gasteiger partial charge in [-0.25, -0.2) is 9.37 Å². The fourth-order valence-corrected chi connectivity index (χ4v) is 1.64. The number of hydrogen-bond acceptors (Lipinski definition) is 3. The first-order chi connectivity index (χ1) is 8.20. The van der Waals surface area contributed by atoms with Crippen molar-refractivity contribution in [2.75, 3.05) is 7.11 Å². The monoisotopic (exact) mass is 235 g/mol. The molecule has 0 saturated heterocycles. The lowest BCUT2D eigenvalue weighted by molar-refractivity contribution is 0.385. The van der Waals surface area contributed by atoms with Gasteiger partial charge in [0.25, 0.3) is 0 Å². The minimum atomic E-state index is -0.388. The highest BCUT2D eigenvalue weighted by Gasteiger charge is 2.11. The van der Waals surface area contributed by atoms with Crippen molar-refractivity contribution in [3.63, 3.8) is 0 Å². The maximum atomic E-state index is 13.2. The van der Waals surface area contributed by atoms with Crippen molar-refractivity contribution >= 4 is 0 Å². The second kappa shape index (κ2) is 4.97. The highest BCUT2D eigenvalue weighted by Crippen LogP contribution is 2.22. The third-order valence-corrected chi connectivity index (χ3v) is 2.57. The molecule has 3 N–H and O–H groups in total. The van der Waals surface area contributed by atoms with Gasteiger partial charge < -0.3 is 15.5 Å². The maximum absolute atomic E-state index is 13.2. The summed E-state index contributed by atoms with van der Waals surface area (Å²) in [4.78, 5) is 7.08. The molecule has 0 aliphatic carbocycles. The summed E-state index contributed by atoms with van der Waals surface area (Å²) in [7, 11) is 1.43. The quantitative estimate of drug-likeness (QED) is 0.849. The molecule has 5 heteroatoms. The number of ether oxygens (including phenoxy) is 1. The van der Waals surface area contributed by atoms with Crippen molar-refractivity contribution in [2.45, 2.75) is 12.5 Å². The summed E-state index contributed by atoms with van der Waals surface area (Å²) < 4.78 is 18.1. The minimum Gasteiger partial charge on any atom is -0.494 e. The smallest absolute Gasteiger partial charge is 0.165 e. The number of nitrogens with one attached hydrogen (secondary N) is 1. The van der Waals surface area contributed by atoms with Crippen molar-refractivity contribution in [3.05, 3.63) is 47.8 Å². The highest BCUT2D eigenvalue weighted by molar-refractivity contribution is 5.32. The number of benzene rings is 1. The van der Waals surface area contributed by atoms with Gasteiger partial charge in [-0.05, 0) is 17.7 Å². The Bertz CT molecular complexity index is 485. The third-order valence-electron chi connectivity index (χ3n) is 2.57. The summed E-state index contributed by atoms with van der Waals surface area (Å²) in [6.45, 7) is 0. The summed E-state index contributed by atoms with van der Waals surface area (Å²) in [6.07, 6.45) is 3.99. The molecule has 4 nitrogen and oxygen atoms in total. The second-order valence-electron chi connectivity index (χ2n) is 3.74. The van der Waals surface area contributed by atoms with Gasteiger partial charge in [-0.1, -0.05) is 6.07 Å². The molecule has 0 aliphatic heterocycles. The molecule has 0 spiro atoms. The molecule has 1 unspecified atom stereocenters. The Labute approximate surface area is 98.6 Å². The molecule has 1 aromatic carbocycles. The lowest BCUT2D eigenvalue weighted by Gasteiger charge is -2.12. The Morgan fingerprint density at radius 3 is 3.00 bits per heavy atom. The number of rotatable bonds is 4. The standard InChI is InChI=1S/C12H14FN3O/c1-17-11-6-8(2-3-9(11)13)10(14)7-12-15-4-5-16-12/h2-6,10H,7,14H2,1H3,(H,15,16). The predicted molar refractivity (Wildman–Crippen MR) is 62.2 cm³/mol. The van der Waals surface area contributed by atoms with Crippen molar-refractivity contribution in [1.82, 2.24) is 9.97 Å². The molecule has 0 radical (unpaired) electrons. The van der Waals surface area contributed by atoms with Crippen molar-refractivity contribution in [2.24, 2.45) is 5.73 Å². The van der Waals surface area contributed by atoms with Gasteiger partial charge in [-0.2, -0.15) is 0 Å². The van der Waals surface area contributed by atoms with Crippen LogP contribution in [0.15, 0.2) is 30.6 Å². The first kappa shape index (κ1) is 11.6. The average molecular weight is 235 g/mol. The summed E-state index contributed by atoms with van der Waals surface area (Å²) >= 11 is 0. The van der Waals surface area contributed by atoms with Crippen LogP contribution in [0.2, 0.25) is 0 Å². The second-order valence-corrected chi connectivity index (χ2v) is 3.74. The Kier molecular flexibility index (Phi) is 3.39. The molecule has 0 fully saturated rings. The van der Waals surface area contributed by atoms with E-state index in [2.05, 4.69) is 9.97 Å². The molecule has 1 aromatic heterocycles. The van der Waals surface area contributed by atoms with E-state index in [1.54, 1.807) is 24.5 Å². The van der Waals surface area contributed by atoms with Crippen LogP contribution in [0.3, 0.4) is 0 Å². The Hall–Kier alpha value is -1.88. The number of nitrogens with two attached hydrogens (primary N) is 1. The lowest BCUT2D eigenvalue weighted by Crippen LogP contribution is -2.14. The number of nitrogens with zero attached hydrogens (tertiary/aromatic N) is 1. The van der Waals surface area contributed by atoms with Gasteiger partial charge in [0.15, 0.2) is 11.6 Å². The summed E-state index contributed by atoms with van der Waals surface area (Å²) in [5, 5.41) is 0. The highest BCUT2D eigenvalue weighted by atomic mass is 19.1. The van der Waals surface area contributed by atoms with Crippen LogP contribution in [0.5, 0.6) is 5.75 Å². The van der Waals surface area contributed by atoms with Crippen molar-refractivity contribution in [1.29, 1.82) is 0 Å². The van der Waals surface area contributed by atoms with Gasteiger partial charge in [0, 0.05) is 24.9 Å². The molecule has 90 valence electrons. The van der Waals surface area contributed by atoms with Crippen molar-refractivity contribution < 1.29 is 9.13 Å². The number of methoxy groups -OCH3 is 1. The Balaban J connectivity index is 2.16. The van der Waals surface area contributed by atoms with Crippen LogP contribution in [0.4, 0.5) is 4.39 Å². The zero-order valence-corrected chi connectivity index (χ0v) is 9.48. The molecule has 1 atom stereocenters. The van der Waals surface area contributed by atoms with Crippen LogP contribution >= 0.6 is 0 Å². The van der Waals surface area contributed by atoms with Gasteiger partial charge >= 0.3 is 0 Å². The normalized spacial score (nSPS) is 12.4. The van der Waals surface area contributed by atoms with E-state index >= 15 is 0 Å². The van der Waals surface area contributed by atoms with E-state index in [0.29, 0.717) is 6.42 Å². The number of aromatic amines is 1. The van der Waals surface area contributed by atoms with E-state index in [1.165, 1.54) is 13.2 Å². The molecular formula is C12H14FN3O. The first-order valence-corrected chi connectivity index (χ1v) is 5.28. The zero-order valence-electron chi connectivity index (χ0n) is 9.48. The minimum absolute atomic E-state index is 0.206. The van der Waals surface area contributed by atoms with Gasteiger partial charge in [0.2, 0.25) is 0 Å². The fraction of sp³-hybridized carbons (Fsp3) is 0.250. The Morgan fingerprint density at radius 1 is 1.53 bits per heavy atom. The molecule has 2 aromatic rings. The topological polar surface area (TPSA) is 63.9 Å². The first-order valence-electron chi connectivity index (χ1n) is 5.28. The molecule has 0 saturated carbocycles. The Morgan fingerprint density at radius 2 is 2.35 bits per heavy atom. The largest absolute Gasteiger partial charge is 0.494 e. The molecular weight excluding hydrogens is 221 g/mol. The average Bonchev–Trinajstić information content (AvgIpc) is 2.82. The van der Waals surface area contributed by atoms with Crippen LogP contribution in [0.25, 0.3) is 0 Å². The number of imidazole rings is 1. The van der Waals surface area contributed by atoms with E-state index in [0.717, 1.165) is 11.4 Å². The fourth-order valence-electron chi connectivity index (χ4n) is 1.64. The molecule has 0 bridgehead atoms. The molecule has 17 heavy (non-hydrogen) atoms. The van der Waals surface area contributed by atoms with E-state index in [1.807, 2.05) is 0 Å². The van der Waals surface area contributed by atoms with Crippen molar-refractivity contribution in [3.8, 4) is 5.75 Å². The van der Waals surface area contributed by atoms with Crippen LogP contribution < -0.4 is 10.5 Å². The lowest BCUT2D eigenvalue weighted by atomic mass is 10.0. The zero-order chi connectivity index (χ0) is 12.3. The molecule has 0 amide bonds.